The zero-order valence-corrected chi connectivity index (χ0v) is 17.2. The standard InChI is InChI=1S/C23H44O2/c1-4-22(3)20-18-16-14-12-10-8-6-7-9-11-13-15-17-19-21-25-23(24)5-2/h5,22H,2,4,6-21H2,1,3H3. The Kier molecular flexibility index (Phi) is 18.9. The van der Waals surface area contributed by atoms with Gasteiger partial charge < -0.3 is 4.74 Å². The van der Waals surface area contributed by atoms with E-state index in [4.69, 9.17) is 4.74 Å². The van der Waals surface area contributed by atoms with Crippen molar-refractivity contribution in [2.75, 3.05) is 6.61 Å². The molecule has 0 radical (unpaired) electrons. The van der Waals surface area contributed by atoms with Crippen molar-refractivity contribution >= 4 is 5.97 Å². The Labute approximate surface area is 157 Å². The fourth-order valence-corrected chi connectivity index (χ4v) is 3.15. The summed E-state index contributed by atoms with van der Waals surface area (Å²) in [4.78, 5) is 10.9. The maximum Gasteiger partial charge on any atom is 0.330 e. The summed E-state index contributed by atoms with van der Waals surface area (Å²) in [5, 5.41) is 0. The van der Waals surface area contributed by atoms with Gasteiger partial charge in [-0.15, -0.1) is 0 Å². The first-order chi connectivity index (χ1) is 12.2. The molecule has 1 unspecified atom stereocenters. The van der Waals surface area contributed by atoms with Gasteiger partial charge in [0.2, 0.25) is 0 Å². The Hall–Kier alpha value is -0.790. The van der Waals surface area contributed by atoms with Crippen LogP contribution < -0.4 is 0 Å². The molecule has 0 amide bonds. The van der Waals surface area contributed by atoms with Gasteiger partial charge >= 0.3 is 5.97 Å². The maximum atomic E-state index is 10.9. The Morgan fingerprint density at radius 2 is 1.20 bits per heavy atom. The number of ether oxygens (including phenoxy) is 1. The van der Waals surface area contributed by atoms with Crippen LogP contribution in [0.15, 0.2) is 12.7 Å². The van der Waals surface area contributed by atoms with Gasteiger partial charge in [0.05, 0.1) is 6.61 Å². The van der Waals surface area contributed by atoms with Gasteiger partial charge in [-0.3, -0.25) is 0 Å². The second-order valence-electron chi connectivity index (χ2n) is 7.62. The molecule has 0 aromatic carbocycles. The van der Waals surface area contributed by atoms with E-state index in [1.54, 1.807) is 0 Å². The third kappa shape index (κ3) is 19.4. The second-order valence-corrected chi connectivity index (χ2v) is 7.62. The Balaban J connectivity index is 3.05. The minimum atomic E-state index is -0.300. The zero-order valence-electron chi connectivity index (χ0n) is 17.2. The van der Waals surface area contributed by atoms with Crippen molar-refractivity contribution in [3.63, 3.8) is 0 Å². The van der Waals surface area contributed by atoms with Gasteiger partial charge in [0.1, 0.15) is 0 Å². The molecule has 0 aromatic rings. The molecule has 2 nitrogen and oxygen atoms in total. The third-order valence-electron chi connectivity index (χ3n) is 5.20. The van der Waals surface area contributed by atoms with Crippen molar-refractivity contribution < 1.29 is 9.53 Å². The predicted molar refractivity (Wildman–Crippen MR) is 110 cm³/mol. The van der Waals surface area contributed by atoms with Crippen molar-refractivity contribution in [1.29, 1.82) is 0 Å². The first-order valence-corrected chi connectivity index (χ1v) is 11.0. The smallest absolute Gasteiger partial charge is 0.330 e. The maximum absolute atomic E-state index is 10.9. The molecule has 0 aliphatic rings. The number of carbonyl (C=O) groups is 1. The molecule has 0 spiro atoms. The molecule has 0 saturated heterocycles. The highest BCUT2D eigenvalue weighted by Gasteiger charge is 1.99. The molecular formula is C23H44O2. The van der Waals surface area contributed by atoms with Gasteiger partial charge in [-0.25, -0.2) is 4.79 Å². The largest absolute Gasteiger partial charge is 0.463 e. The molecule has 0 saturated carbocycles. The summed E-state index contributed by atoms with van der Waals surface area (Å²) >= 11 is 0. The number of hydrogen-bond donors (Lipinski definition) is 0. The van der Waals surface area contributed by atoms with E-state index in [-0.39, 0.29) is 5.97 Å². The van der Waals surface area contributed by atoms with Crippen LogP contribution in [0.4, 0.5) is 0 Å². The minimum absolute atomic E-state index is 0.300. The monoisotopic (exact) mass is 352 g/mol. The lowest BCUT2D eigenvalue weighted by Crippen LogP contribution is -2.01. The Bertz CT molecular complexity index is 298. The molecule has 148 valence electrons. The SMILES string of the molecule is C=CC(=O)OCCCCCCCCCCCCCCCCC(C)CC. The Morgan fingerprint density at radius 1 is 0.800 bits per heavy atom. The molecule has 0 fully saturated rings. The second kappa shape index (κ2) is 19.5. The summed E-state index contributed by atoms with van der Waals surface area (Å²) in [6.07, 6.45) is 22.9. The van der Waals surface area contributed by atoms with Crippen LogP contribution in [0.25, 0.3) is 0 Å². The number of hydrogen-bond acceptors (Lipinski definition) is 2. The summed E-state index contributed by atoms with van der Waals surface area (Å²) in [6.45, 7) is 8.61. The van der Waals surface area contributed by atoms with Crippen LogP contribution in [-0.4, -0.2) is 12.6 Å². The van der Waals surface area contributed by atoms with Gasteiger partial charge in [0, 0.05) is 6.08 Å². The molecule has 0 heterocycles. The van der Waals surface area contributed by atoms with Gasteiger partial charge in [0.25, 0.3) is 0 Å². The molecular weight excluding hydrogens is 308 g/mol. The van der Waals surface area contributed by atoms with Gasteiger partial charge in [-0.05, 0) is 12.3 Å². The van der Waals surface area contributed by atoms with Gasteiger partial charge in [-0.2, -0.15) is 0 Å². The normalized spacial score (nSPS) is 12.1. The lowest BCUT2D eigenvalue weighted by atomic mass is 9.99. The fourth-order valence-electron chi connectivity index (χ4n) is 3.15. The van der Waals surface area contributed by atoms with Crippen molar-refractivity contribution in [2.24, 2.45) is 5.92 Å². The molecule has 0 aliphatic carbocycles. The van der Waals surface area contributed by atoms with Crippen LogP contribution in [0.2, 0.25) is 0 Å². The first kappa shape index (κ1) is 24.2. The van der Waals surface area contributed by atoms with Crippen molar-refractivity contribution in [3.8, 4) is 0 Å². The average molecular weight is 353 g/mol. The topological polar surface area (TPSA) is 26.3 Å². The highest BCUT2D eigenvalue weighted by atomic mass is 16.5. The van der Waals surface area contributed by atoms with Gasteiger partial charge in [0.15, 0.2) is 0 Å². The van der Waals surface area contributed by atoms with E-state index in [9.17, 15) is 4.79 Å². The number of esters is 1. The van der Waals surface area contributed by atoms with Crippen LogP contribution in [-0.2, 0) is 9.53 Å². The molecule has 0 bridgehead atoms. The number of unbranched alkanes of at least 4 members (excludes halogenated alkanes) is 13. The average Bonchev–Trinajstić information content (AvgIpc) is 2.63. The molecule has 2 heteroatoms. The van der Waals surface area contributed by atoms with Crippen molar-refractivity contribution in [3.05, 3.63) is 12.7 Å². The fraction of sp³-hybridized carbons (Fsp3) is 0.870. The Morgan fingerprint density at radius 3 is 1.60 bits per heavy atom. The molecule has 25 heavy (non-hydrogen) atoms. The lowest BCUT2D eigenvalue weighted by molar-refractivity contribution is -0.137. The summed E-state index contributed by atoms with van der Waals surface area (Å²) in [5.41, 5.74) is 0. The summed E-state index contributed by atoms with van der Waals surface area (Å²) in [7, 11) is 0. The first-order valence-electron chi connectivity index (χ1n) is 11.0. The van der Waals surface area contributed by atoms with Crippen LogP contribution in [0.3, 0.4) is 0 Å². The van der Waals surface area contributed by atoms with E-state index in [1.165, 1.54) is 102 Å². The summed E-state index contributed by atoms with van der Waals surface area (Å²) in [5.74, 6) is 0.626. The number of carbonyl (C=O) groups excluding carboxylic acids is 1. The molecule has 0 aromatic heterocycles. The predicted octanol–water partition coefficient (Wildman–Crippen LogP) is 7.61. The van der Waals surface area contributed by atoms with Gasteiger partial charge in [-0.1, -0.05) is 117 Å². The minimum Gasteiger partial charge on any atom is -0.463 e. The number of rotatable bonds is 19. The van der Waals surface area contributed by atoms with E-state index in [0.717, 1.165) is 12.3 Å². The highest BCUT2D eigenvalue weighted by molar-refractivity contribution is 5.81. The van der Waals surface area contributed by atoms with E-state index in [0.29, 0.717) is 6.61 Å². The van der Waals surface area contributed by atoms with E-state index in [2.05, 4.69) is 20.4 Å². The van der Waals surface area contributed by atoms with Crippen molar-refractivity contribution in [2.45, 2.75) is 117 Å². The van der Waals surface area contributed by atoms with Crippen LogP contribution in [0, 0.1) is 5.92 Å². The zero-order chi connectivity index (χ0) is 18.6. The molecule has 1 atom stereocenters. The quantitative estimate of drug-likeness (QED) is 0.136. The van der Waals surface area contributed by atoms with E-state index < -0.39 is 0 Å². The molecule has 0 aliphatic heterocycles. The molecule has 0 N–H and O–H groups in total. The van der Waals surface area contributed by atoms with E-state index in [1.807, 2.05) is 0 Å². The summed E-state index contributed by atoms with van der Waals surface area (Å²) in [6, 6.07) is 0. The van der Waals surface area contributed by atoms with Crippen LogP contribution in [0.5, 0.6) is 0 Å². The van der Waals surface area contributed by atoms with Crippen LogP contribution >= 0.6 is 0 Å². The van der Waals surface area contributed by atoms with Crippen LogP contribution in [0.1, 0.15) is 117 Å². The molecule has 0 rings (SSSR count). The lowest BCUT2D eigenvalue weighted by Gasteiger charge is -2.07. The van der Waals surface area contributed by atoms with Crippen molar-refractivity contribution in [1.82, 2.24) is 0 Å². The van der Waals surface area contributed by atoms with E-state index >= 15 is 0 Å². The third-order valence-corrected chi connectivity index (χ3v) is 5.20. The summed E-state index contributed by atoms with van der Waals surface area (Å²) < 4.78 is 4.96. The highest BCUT2D eigenvalue weighted by Crippen LogP contribution is 2.15.